The van der Waals surface area contributed by atoms with E-state index in [-0.39, 0.29) is 0 Å². The number of fused-ring (bicyclic) bond motifs is 1. The van der Waals surface area contributed by atoms with Crippen LogP contribution in [-0.4, -0.2) is 23.0 Å². The van der Waals surface area contributed by atoms with E-state index in [2.05, 4.69) is 20.7 Å². The Morgan fingerprint density at radius 3 is 2.57 bits per heavy atom. The van der Waals surface area contributed by atoms with Gasteiger partial charge in [-0.15, -0.1) is 10.2 Å². The van der Waals surface area contributed by atoms with Gasteiger partial charge in [0.2, 0.25) is 0 Å². The minimum absolute atomic E-state index is 0.377. The minimum atomic E-state index is 0.377. The molecule has 0 radical (unpaired) electrons. The standard InChI is InChI=1S/C17H15ClN4O/c1-2-23-13-9-7-12(8-10-13)11-19-21-17-15-6-4-3-5-14(15)16(18)20-22-17/h3-11H,2H2,1H3,(H,21,22)/b19-11-. The molecule has 0 atom stereocenters. The summed E-state index contributed by atoms with van der Waals surface area (Å²) < 4.78 is 5.40. The zero-order valence-corrected chi connectivity index (χ0v) is 13.3. The van der Waals surface area contributed by atoms with E-state index in [9.17, 15) is 0 Å². The van der Waals surface area contributed by atoms with Crippen LogP contribution in [0, 0.1) is 0 Å². The highest BCUT2D eigenvalue weighted by atomic mass is 35.5. The maximum absolute atomic E-state index is 6.05. The Balaban J connectivity index is 1.76. The molecule has 0 unspecified atom stereocenters. The molecule has 3 rings (SSSR count). The summed E-state index contributed by atoms with van der Waals surface area (Å²) in [6.45, 7) is 2.61. The predicted octanol–water partition coefficient (Wildman–Crippen LogP) is 4.13. The van der Waals surface area contributed by atoms with Crippen LogP contribution < -0.4 is 10.2 Å². The third-order valence-electron chi connectivity index (χ3n) is 3.22. The normalized spacial score (nSPS) is 11.0. The largest absolute Gasteiger partial charge is 0.494 e. The number of benzene rings is 2. The van der Waals surface area contributed by atoms with Crippen molar-refractivity contribution < 1.29 is 4.74 Å². The molecule has 0 aliphatic rings. The highest BCUT2D eigenvalue weighted by molar-refractivity contribution is 6.34. The number of halogens is 1. The third-order valence-corrected chi connectivity index (χ3v) is 3.50. The summed E-state index contributed by atoms with van der Waals surface area (Å²) in [6.07, 6.45) is 1.71. The van der Waals surface area contributed by atoms with Crippen LogP contribution in [-0.2, 0) is 0 Å². The van der Waals surface area contributed by atoms with Crippen molar-refractivity contribution in [3.8, 4) is 5.75 Å². The molecule has 1 N–H and O–H groups in total. The summed E-state index contributed by atoms with van der Waals surface area (Å²) in [6, 6.07) is 15.3. The van der Waals surface area contributed by atoms with E-state index in [1.807, 2.05) is 55.5 Å². The highest BCUT2D eigenvalue weighted by Crippen LogP contribution is 2.25. The number of ether oxygens (including phenoxy) is 1. The number of nitrogens with one attached hydrogen (secondary N) is 1. The van der Waals surface area contributed by atoms with Crippen LogP contribution in [0.4, 0.5) is 5.82 Å². The molecular weight excluding hydrogens is 312 g/mol. The molecule has 0 spiro atoms. The quantitative estimate of drug-likeness (QED) is 0.566. The van der Waals surface area contributed by atoms with E-state index < -0.39 is 0 Å². The molecule has 0 aliphatic carbocycles. The summed E-state index contributed by atoms with van der Waals surface area (Å²) in [5.41, 5.74) is 3.86. The first-order valence-electron chi connectivity index (χ1n) is 7.21. The lowest BCUT2D eigenvalue weighted by Gasteiger charge is -2.05. The van der Waals surface area contributed by atoms with Gasteiger partial charge >= 0.3 is 0 Å². The van der Waals surface area contributed by atoms with Crippen molar-refractivity contribution in [3.05, 3.63) is 59.2 Å². The lowest BCUT2D eigenvalue weighted by molar-refractivity contribution is 0.340. The fourth-order valence-corrected chi connectivity index (χ4v) is 2.34. The Morgan fingerprint density at radius 1 is 1.09 bits per heavy atom. The first kappa shape index (κ1) is 15.2. The molecule has 3 aromatic rings. The smallest absolute Gasteiger partial charge is 0.176 e. The van der Waals surface area contributed by atoms with E-state index in [4.69, 9.17) is 16.3 Å². The van der Waals surface area contributed by atoms with Gasteiger partial charge in [-0.3, -0.25) is 5.43 Å². The highest BCUT2D eigenvalue weighted by Gasteiger charge is 2.05. The molecule has 1 aromatic heterocycles. The zero-order valence-electron chi connectivity index (χ0n) is 12.5. The molecule has 0 aliphatic heterocycles. The Hall–Kier alpha value is -2.66. The van der Waals surface area contributed by atoms with Crippen LogP contribution in [0.5, 0.6) is 5.75 Å². The summed E-state index contributed by atoms with van der Waals surface area (Å²) in [5, 5.41) is 14.3. The van der Waals surface area contributed by atoms with Crippen molar-refractivity contribution in [2.75, 3.05) is 12.0 Å². The number of anilines is 1. The second-order valence-corrected chi connectivity index (χ2v) is 5.12. The zero-order chi connectivity index (χ0) is 16.1. The van der Waals surface area contributed by atoms with Crippen LogP contribution in [0.15, 0.2) is 53.6 Å². The van der Waals surface area contributed by atoms with Crippen molar-refractivity contribution in [2.24, 2.45) is 5.10 Å². The first-order valence-corrected chi connectivity index (χ1v) is 7.58. The molecule has 0 fully saturated rings. The van der Waals surface area contributed by atoms with Gasteiger partial charge in [0.15, 0.2) is 11.0 Å². The van der Waals surface area contributed by atoms with Crippen molar-refractivity contribution >= 4 is 34.4 Å². The molecule has 0 bridgehead atoms. The van der Waals surface area contributed by atoms with Crippen molar-refractivity contribution in [3.63, 3.8) is 0 Å². The Labute approximate surface area is 139 Å². The van der Waals surface area contributed by atoms with Gasteiger partial charge in [-0.1, -0.05) is 35.9 Å². The Kier molecular flexibility index (Phi) is 4.68. The molecular formula is C17H15ClN4O. The van der Waals surface area contributed by atoms with Gasteiger partial charge in [0.05, 0.1) is 12.8 Å². The van der Waals surface area contributed by atoms with Crippen molar-refractivity contribution in [2.45, 2.75) is 6.92 Å². The van der Waals surface area contributed by atoms with Crippen LogP contribution >= 0.6 is 11.6 Å². The topological polar surface area (TPSA) is 59.4 Å². The number of rotatable bonds is 5. The molecule has 0 amide bonds. The number of nitrogens with zero attached hydrogens (tertiary/aromatic N) is 3. The fourth-order valence-electron chi connectivity index (χ4n) is 2.14. The fraction of sp³-hybridized carbons (Fsp3) is 0.118. The second kappa shape index (κ2) is 7.07. The molecule has 1 heterocycles. The van der Waals surface area contributed by atoms with Crippen LogP contribution in [0.1, 0.15) is 12.5 Å². The van der Waals surface area contributed by atoms with Crippen molar-refractivity contribution in [1.82, 2.24) is 10.2 Å². The molecule has 5 nitrogen and oxygen atoms in total. The number of aromatic nitrogens is 2. The van der Waals surface area contributed by atoms with Crippen molar-refractivity contribution in [1.29, 1.82) is 0 Å². The van der Waals surface area contributed by atoms with E-state index in [0.717, 1.165) is 22.1 Å². The van der Waals surface area contributed by atoms with Gasteiger partial charge in [-0.25, -0.2) is 0 Å². The predicted molar refractivity (Wildman–Crippen MR) is 93.4 cm³/mol. The number of hydrogen-bond donors (Lipinski definition) is 1. The number of hydrogen-bond acceptors (Lipinski definition) is 5. The molecule has 0 saturated carbocycles. The average molecular weight is 327 g/mol. The van der Waals surface area contributed by atoms with Gasteiger partial charge in [0.25, 0.3) is 0 Å². The number of hydrazone groups is 1. The van der Waals surface area contributed by atoms with Gasteiger partial charge in [-0.2, -0.15) is 5.10 Å². The monoisotopic (exact) mass is 326 g/mol. The summed E-state index contributed by atoms with van der Waals surface area (Å²) >= 11 is 6.05. The average Bonchev–Trinajstić information content (AvgIpc) is 2.59. The lowest BCUT2D eigenvalue weighted by Crippen LogP contribution is -1.97. The van der Waals surface area contributed by atoms with Gasteiger partial charge in [0, 0.05) is 10.8 Å². The van der Waals surface area contributed by atoms with Crippen LogP contribution in [0.25, 0.3) is 10.8 Å². The summed E-state index contributed by atoms with van der Waals surface area (Å²) in [4.78, 5) is 0. The van der Waals surface area contributed by atoms with E-state index in [0.29, 0.717) is 17.6 Å². The van der Waals surface area contributed by atoms with E-state index in [1.54, 1.807) is 6.21 Å². The van der Waals surface area contributed by atoms with Gasteiger partial charge < -0.3 is 4.74 Å². The summed E-state index contributed by atoms with van der Waals surface area (Å²) in [5.74, 6) is 1.40. The molecule has 2 aromatic carbocycles. The second-order valence-electron chi connectivity index (χ2n) is 4.76. The van der Waals surface area contributed by atoms with E-state index >= 15 is 0 Å². The van der Waals surface area contributed by atoms with E-state index in [1.165, 1.54) is 0 Å². The SMILES string of the molecule is CCOc1ccc(/C=N\Nc2nnc(Cl)c3ccccc23)cc1. The third kappa shape index (κ3) is 3.57. The molecule has 0 saturated heterocycles. The first-order chi connectivity index (χ1) is 11.3. The Morgan fingerprint density at radius 2 is 1.83 bits per heavy atom. The Bertz CT molecular complexity index is 834. The van der Waals surface area contributed by atoms with Crippen LogP contribution in [0.2, 0.25) is 5.15 Å². The molecule has 6 heteroatoms. The van der Waals surface area contributed by atoms with Crippen LogP contribution in [0.3, 0.4) is 0 Å². The summed E-state index contributed by atoms with van der Waals surface area (Å²) in [7, 11) is 0. The van der Waals surface area contributed by atoms with Gasteiger partial charge in [0.1, 0.15) is 5.75 Å². The maximum atomic E-state index is 6.05. The lowest BCUT2D eigenvalue weighted by atomic mass is 10.2. The minimum Gasteiger partial charge on any atom is -0.494 e. The molecule has 116 valence electrons. The molecule has 23 heavy (non-hydrogen) atoms. The van der Waals surface area contributed by atoms with Gasteiger partial charge in [-0.05, 0) is 36.8 Å². The maximum Gasteiger partial charge on any atom is 0.176 e.